The lowest BCUT2D eigenvalue weighted by atomic mass is 9.86. The number of hydrogen-bond acceptors (Lipinski definition) is 3. The van der Waals surface area contributed by atoms with Crippen LogP contribution in [0.1, 0.15) is 39.7 Å². The first-order valence-electron chi connectivity index (χ1n) is 7.70. The maximum atomic E-state index is 9.77. The topological polar surface area (TPSA) is 32.7 Å². The van der Waals surface area contributed by atoms with Crippen molar-refractivity contribution in [2.24, 2.45) is 11.8 Å². The van der Waals surface area contributed by atoms with E-state index in [4.69, 9.17) is 4.74 Å². The van der Waals surface area contributed by atoms with Gasteiger partial charge in [-0.15, -0.1) is 0 Å². The molecular weight excluding hydrogens is 250 g/mol. The molecule has 1 fully saturated rings. The Kier molecular flexibility index (Phi) is 4.92. The van der Waals surface area contributed by atoms with E-state index in [0.29, 0.717) is 18.4 Å². The quantitative estimate of drug-likeness (QED) is 0.911. The highest BCUT2D eigenvalue weighted by Gasteiger charge is 2.28. The van der Waals surface area contributed by atoms with Crippen LogP contribution in [-0.4, -0.2) is 29.2 Å². The van der Waals surface area contributed by atoms with E-state index in [1.807, 2.05) is 19.1 Å². The number of phenolic OH excluding ortho intramolecular Hbond substituents is 1. The van der Waals surface area contributed by atoms with Crippen LogP contribution in [0.3, 0.4) is 0 Å². The van der Waals surface area contributed by atoms with E-state index >= 15 is 0 Å². The van der Waals surface area contributed by atoms with Gasteiger partial charge in [-0.3, -0.25) is 4.90 Å². The summed E-state index contributed by atoms with van der Waals surface area (Å²) in [5.41, 5.74) is 1.21. The monoisotopic (exact) mass is 277 g/mol. The number of ether oxygens (including phenoxy) is 1. The largest absolute Gasteiger partial charge is 0.504 e. The lowest BCUT2D eigenvalue weighted by Crippen LogP contribution is -2.45. The van der Waals surface area contributed by atoms with E-state index in [1.54, 1.807) is 6.07 Å². The molecule has 1 aromatic rings. The van der Waals surface area contributed by atoms with E-state index in [2.05, 4.69) is 25.7 Å². The SMILES string of the molecule is CCOc1cc(CN2CC(C)CC(C)C2C)ccc1O. The van der Waals surface area contributed by atoms with Gasteiger partial charge in [-0.1, -0.05) is 19.9 Å². The van der Waals surface area contributed by atoms with Gasteiger partial charge in [0.25, 0.3) is 0 Å². The molecule has 2 rings (SSSR count). The summed E-state index contributed by atoms with van der Waals surface area (Å²) < 4.78 is 5.47. The minimum Gasteiger partial charge on any atom is -0.504 e. The van der Waals surface area contributed by atoms with E-state index in [1.165, 1.54) is 12.0 Å². The molecule has 1 aromatic carbocycles. The zero-order valence-electron chi connectivity index (χ0n) is 13.1. The molecule has 1 saturated heterocycles. The van der Waals surface area contributed by atoms with Crippen LogP contribution in [0.5, 0.6) is 11.5 Å². The Bertz CT molecular complexity index is 447. The summed E-state index contributed by atoms with van der Waals surface area (Å²) in [6.07, 6.45) is 1.32. The van der Waals surface area contributed by atoms with Crippen LogP contribution in [0, 0.1) is 11.8 Å². The summed E-state index contributed by atoms with van der Waals surface area (Å²) in [6.45, 7) is 11.6. The van der Waals surface area contributed by atoms with Gasteiger partial charge in [-0.05, 0) is 49.8 Å². The number of aromatic hydroxyl groups is 1. The number of phenols is 1. The van der Waals surface area contributed by atoms with Crippen molar-refractivity contribution in [3.05, 3.63) is 23.8 Å². The maximum Gasteiger partial charge on any atom is 0.161 e. The molecule has 0 aromatic heterocycles. The van der Waals surface area contributed by atoms with Crippen LogP contribution >= 0.6 is 0 Å². The highest BCUT2D eigenvalue weighted by molar-refractivity contribution is 5.41. The second-order valence-electron chi connectivity index (χ2n) is 6.22. The molecule has 0 aliphatic carbocycles. The average molecular weight is 277 g/mol. The molecule has 0 bridgehead atoms. The molecule has 1 aliphatic heterocycles. The third-order valence-corrected chi connectivity index (χ3v) is 4.43. The lowest BCUT2D eigenvalue weighted by Gasteiger charge is -2.41. The van der Waals surface area contributed by atoms with Crippen LogP contribution in [0.4, 0.5) is 0 Å². The predicted molar refractivity (Wildman–Crippen MR) is 82.1 cm³/mol. The second-order valence-corrected chi connectivity index (χ2v) is 6.22. The number of rotatable bonds is 4. The van der Waals surface area contributed by atoms with Gasteiger partial charge in [0.2, 0.25) is 0 Å². The lowest BCUT2D eigenvalue weighted by molar-refractivity contribution is 0.0729. The van der Waals surface area contributed by atoms with Crippen molar-refractivity contribution in [1.29, 1.82) is 0 Å². The van der Waals surface area contributed by atoms with Gasteiger partial charge in [-0.25, -0.2) is 0 Å². The van der Waals surface area contributed by atoms with Crippen LogP contribution in [0.15, 0.2) is 18.2 Å². The highest BCUT2D eigenvalue weighted by atomic mass is 16.5. The van der Waals surface area contributed by atoms with E-state index < -0.39 is 0 Å². The molecule has 0 amide bonds. The molecule has 112 valence electrons. The molecule has 0 saturated carbocycles. The van der Waals surface area contributed by atoms with Crippen molar-refractivity contribution in [2.75, 3.05) is 13.2 Å². The summed E-state index contributed by atoms with van der Waals surface area (Å²) in [5, 5.41) is 9.77. The van der Waals surface area contributed by atoms with Gasteiger partial charge < -0.3 is 9.84 Å². The minimum absolute atomic E-state index is 0.226. The Labute approximate surface area is 122 Å². The van der Waals surface area contributed by atoms with Gasteiger partial charge in [0, 0.05) is 19.1 Å². The van der Waals surface area contributed by atoms with Crippen LogP contribution in [0.2, 0.25) is 0 Å². The van der Waals surface area contributed by atoms with Crippen molar-refractivity contribution >= 4 is 0 Å². The van der Waals surface area contributed by atoms with Gasteiger partial charge in [0.1, 0.15) is 0 Å². The summed E-state index contributed by atoms with van der Waals surface area (Å²) in [6, 6.07) is 6.31. The first-order valence-corrected chi connectivity index (χ1v) is 7.70. The Hall–Kier alpha value is -1.22. The summed E-state index contributed by atoms with van der Waals surface area (Å²) in [7, 11) is 0. The van der Waals surface area contributed by atoms with Gasteiger partial charge >= 0.3 is 0 Å². The Balaban J connectivity index is 2.10. The second kappa shape index (κ2) is 6.49. The van der Waals surface area contributed by atoms with Crippen LogP contribution in [-0.2, 0) is 6.54 Å². The van der Waals surface area contributed by atoms with Crippen molar-refractivity contribution in [3.8, 4) is 11.5 Å². The molecule has 3 nitrogen and oxygen atoms in total. The van der Waals surface area contributed by atoms with Crippen molar-refractivity contribution in [1.82, 2.24) is 4.90 Å². The van der Waals surface area contributed by atoms with E-state index in [-0.39, 0.29) is 5.75 Å². The predicted octanol–water partition coefficient (Wildman–Crippen LogP) is 3.66. The third-order valence-electron chi connectivity index (χ3n) is 4.43. The maximum absolute atomic E-state index is 9.77. The zero-order valence-corrected chi connectivity index (χ0v) is 13.1. The molecule has 20 heavy (non-hydrogen) atoms. The number of hydrogen-bond donors (Lipinski definition) is 1. The Morgan fingerprint density at radius 1 is 1.30 bits per heavy atom. The molecule has 3 unspecified atom stereocenters. The molecule has 0 radical (unpaired) electrons. The standard InChI is InChI=1S/C17H27NO2/c1-5-20-17-9-15(6-7-16(17)19)11-18-10-12(2)8-13(3)14(18)4/h6-7,9,12-14,19H,5,8,10-11H2,1-4H3. The van der Waals surface area contributed by atoms with Crippen molar-refractivity contribution < 1.29 is 9.84 Å². The molecular formula is C17H27NO2. The average Bonchev–Trinajstić information content (AvgIpc) is 2.39. The first-order chi connectivity index (χ1) is 9.51. The van der Waals surface area contributed by atoms with Crippen LogP contribution in [0.25, 0.3) is 0 Å². The van der Waals surface area contributed by atoms with Gasteiger partial charge in [0.05, 0.1) is 6.61 Å². The first kappa shape index (κ1) is 15.2. The van der Waals surface area contributed by atoms with Crippen molar-refractivity contribution in [3.63, 3.8) is 0 Å². The molecule has 1 aliphatic rings. The minimum atomic E-state index is 0.226. The number of piperidine rings is 1. The van der Waals surface area contributed by atoms with E-state index in [9.17, 15) is 5.11 Å². The van der Waals surface area contributed by atoms with Gasteiger partial charge in [0.15, 0.2) is 11.5 Å². The summed E-state index contributed by atoms with van der Waals surface area (Å²) in [5.74, 6) is 2.31. The van der Waals surface area contributed by atoms with Crippen LogP contribution < -0.4 is 4.74 Å². The summed E-state index contributed by atoms with van der Waals surface area (Å²) in [4.78, 5) is 2.54. The number of benzene rings is 1. The molecule has 3 atom stereocenters. The van der Waals surface area contributed by atoms with Crippen molar-refractivity contribution in [2.45, 2.75) is 46.7 Å². The normalized spacial score (nSPS) is 27.5. The van der Waals surface area contributed by atoms with E-state index in [0.717, 1.165) is 24.9 Å². The molecule has 3 heteroatoms. The fourth-order valence-electron chi connectivity index (χ4n) is 3.20. The Morgan fingerprint density at radius 2 is 2.05 bits per heavy atom. The summed E-state index contributed by atoms with van der Waals surface area (Å²) >= 11 is 0. The zero-order chi connectivity index (χ0) is 14.7. The number of likely N-dealkylation sites (tertiary alicyclic amines) is 1. The third kappa shape index (κ3) is 3.45. The van der Waals surface area contributed by atoms with Gasteiger partial charge in [-0.2, -0.15) is 0 Å². The molecule has 1 N–H and O–H groups in total. The smallest absolute Gasteiger partial charge is 0.161 e. The molecule has 0 spiro atoms. The fraction of sp³-hybridized carbons (Fsp3) is 0.647. The number of nitrogens with zero attached hydrogens (tertiary/aromatic N) is 1. The Morgan fingerprint density at radius 3 is 2.75 bits per heavy atom. The highest BCUT2D eigenvalue weighted by Crippen LogP contribution is 2.31. The fourth-order valence-corrected chi connectivity index (χ4v) is 3.20. The molecule has 1 heterocycles.